The zero-order valence-electron chi connectivity index (χ0n) is 14.1. The first-order valence-corrected chi connectivity index (χ1v) is 8.29. The quantitative estimate of drug-likeness (QED) is 0.647. The maximum atomic E-state index is 12.2. The van der Waals surface area contributed by atoms with Gasteiger partial charge in [0, 0.05) is 23.6 Å². The second-order valence-corrected chi connectivity index (χ2v) is 6.03. The van der Waals surface area contributed by atoms with E-state index >= 15 is 0 Å². The minimum Gasteiger partial charge on any atom is -0.361 e. The predicted molar refractivity (Wildman–Crippen MR) is 97.9 cm³/mol. The summed E-state index contributed by atoms with van der Waals surface area (Å²) in [4.78, 5) is 27.5. The van der Waals surface area contributed by atoms with Crippen molar-refractivity contribution >= 4 is 22.7 Å². The molecule has 3 N–H and O–H groups in total. The third kappa shape index (κ3) is 4.26. The van der Waals surface area contributed by atoms with E-state index < -0.39 is 6.04 Å². The summed E-state index contributed by atoms with van der Waals surface area (Å²) in [6.07, 6.45) is 2.07. The SMILES string of the molecule is C[C@@H](NC(=O)Cc1c[nH]c2ccccc12)C(=O)NCc1ccccc1. The lowest BCUT2D eigenvalue weighted by Crippen LogP contribution is -2.45. The molecule has 1 heterocycles. The fourth-order valence-corrected chi connectivity index (χ4v) is 2.75. The van der Waals surface area contributed by atoms with Crippen molar-refractivity contribution in [3.8, 4) is 0 Å². The van der Waals surface area contributed by atoms with Crippen molar-refractivity contribution in [3.63, 3.8) is 0 Å². The second kappa shape index (κ2) is 7.66. The van der Waals surface area contributed by atoms with Crippen LogP contribution >= 0.6 is 0 Å². The maximum absolute atomic E-state index is 12.2. The van der Waals surface area contributed by atoms with E-state index in [1.165, 1.54) is 0 Å². The van der Waals surface area contributed by atoms with Crippen molar-refractivity contribution in [3.05, 3.63) is 71.9 Å². The third-order valence-electron chi connectivity index (χ3n) is 4.11. The Bertz CT molecular complexity index is 871. The molecule has 5 heteroatoms. The van der Waals surface area contributed by atoms with Crippen molar-refractivity contribution in [2.45, 2.75) is 25.9 Å². The molecule has 3 rings (SSSR count). The minimum absolute atomic E-state index is 0.174. The van der Waals surface area contributed by atoms with Gasteiger partial charge in [0.1, 0.15) is 6.04 Å². The zero-order chi connectivity index (χ0) is 17.6. The van der Waals surface area contributed by atoms with Crippen molar-refractivity contribution in [1.82, 2.24) is 15.6 Å². The van der Waals surface area contributed by atoms with E-state index in [9.17, 15) is 9.59 Å². The molecule has 0 aliphatic heterocycles. The van der Waals surface area contributed by atoms with Gasteiger partial charge in [0.05, 0.1) is 6.42 Å². The molecule has 3 aromatic rings. The van der Waals surface area contributed by atoms with E-state index in [1.54, 1.807) is 6.92 Å². The van der Waals surface area contributed by atoms with Crippen LogP contribution in [0.4, 0.5) is 0 Å². The smallest absolute Gasteiger partial charge is 0.242 e. The monoisotopic (exact) mass is 335 g/mol. The van der Waals surface area contributed by atoms with Crippen molar-refractivity contribution in [2.24, 2.45) is 0 Å². The Morgan fingerprint density at radius 2 is 1.76 bits per heavy atom. The summed E-state index contributed by atoms with van der Waals surface area (Å²) in [5.41, 5.74) is 2.94. The number of fused-ring (bicyclic) bond motifs is 1. The Labute approximate surface area is 146 Å². The van der Waals surface area contributed by atoms with Crippen LogP contribution < -0.4 is 10.6 Å². The normalized spacial score (nSPS) is 11.9. The van der Waals surface area contributed by atoms with Crippen LogP contribution in [0.25, 0.3) is 10.9 Å². The molecule has 0 fully saturated rings. The van der Waals surface area contributed by atoms with Gasteiger partial charge in [-0.3, -0.25) is 9.59 Å². The Balaban J connectivity index is 1.52. The first kappa shape index (κ1) is 16.8. The van der Waals surface area contributed by atoms with Gasteiger partial charge in [-0.2, -0.15) is 0 Å². The van der Waals surface area contributed by atoms with Crippen LogP contribution in [0.2, 0.25) is 0 Å². The largest absolute Gasteiger partial charge is 0.361 e. The van der Waals surface area contributed by atoms with Gasteiger partial charge >= 0.3 is 0 Å². The Morgan fingerprint density at radius 1 is 1.04 bits per heavy atom. The second-order valence-electron chi connectivity index (χ2n) is 6.03. The molecule has 0 bridgehead atoms. The van der Waals surface area contributed by atoms with Crippen LogP contribution in [0.5, 0.6) is 0 Å². The summed E-state index contributed by atoms with van der Waals surface area (Å²) in [6.45, 7) is 2.13. The van der Waals surface area contributed by atoms with Crippen LogP contribution in [0, 0.1) is 0 Å². The van der Waals surface area contributed by atoms with Crippen LogP contribution in [-0.2, 0) is 22.6 Å². The van der Waals surface area contributed by atoms with Crippen molar-refractivity contribution in [1.29, 1.82) is 0 Å². The highest BCUT2D eigenvalue weighted by molar-refractivity contribution is 5.91. The lowest BCUT2D eigenvalue weighted by Gasteiger charge is -2.14. The van der Waals surface area contributed by atoms with Gasteiger partial charge in [-0.05, 0) is 24.1 Å². The molecule has 0 unspecified atom stereocenters. The molecule has 1 aromatic heterocycles. The lowest BCUT2D eigenvalue weighted by atomic mass is 10.1. The molecular formula is C20H21N3O2. The molecule has 0 aliphatic carbocycles. The molecule has 2 aromatic carbocycles. The number of rotatable bonds is 6. The molecule has 0 saturated carbocycles. The number of hydrogen-bond donors (Lipinski definition) is 3. The Hall–Kier alpha value is -3.08. The summed E-state index contributed by atoms with van der Waals surface area (Å²) in [5.74, 6) is -0.372. The fraction of sp³-hybridized carbons (Fsp3) is 0.200. The molecular weight excluding hydrogens is 314 g/mol. The van der Waals surface area contributed by atoms with Gasteiger partial charge in [0.15, 0.2) is 0 Å². The Morgan fingerprint density at radius 3 is 2.56 bits per heavy atom. The molecule has 0 radical (unpaired) electrons. The van der Waals surface area contributed by atoms with Gasteiger partial charge in [0.25, 0.3) is 0 Å². The fourth-order valence-electron chi connectivity index (χ4n) is 2.75. The van der Waals surface area contributed by atoms with Crippen LogP contribution in [0.1, 0.15) is 18.1 Å². The highest BCUT2D eigenvalue weighted by atomic mass is 16.2. The topological polar surface area (TPSA) is 74.0 Å². The highest BCUT2D eigenvalue weighted by Crippen LogP contribution is 2.17. The number of aromatic amines is 1. The predicted octanol–water partition coefficient (Wildman–Crippen LogP) is 2.53. The van der Waals surface area contributed by atoms with Crippen LogP contribution in [-0.4, -0.2) is 22.8 Å². The molecule has 2 amide bonds. The average Bonchev–Trinajstić information content (AvgIpc) is 3.03. The molecule has 25 heavy (non-hydrogen) atoms. The summed E-state index contributed by atoms with van der Waals surface area (Å²) in [5, 5.41) is 6.61. The number of benzene rings is 2. The van der Waals surface area contributed by atoms with Gasteiger partial charge in [-0.1, -0.05) is 48.5 Å². The molecule has 1 atom stereocenters. The van der Waals surface area contributed by atoms with Gasteiger partial charge in [-0.15, -0.1) is 0 Å². The zero-order valence-corrected chi connectivity index (χ0v) is 14.1. The van der Waals surface area contributed by atoms with E-state index in [1.807, 2.05) is 60.8 Å². The number of H-pyrrole nitrogens is 1. The van der Waals surface area contributed by atoms with Crippen LogP contribution in [0.15, 0.2) is 60.8 Å². The molecule has 5 nitrogen and oxygen atoms in total. The van der Waals surface area contributed by atoms with Gasteiger partial charge < -0.3 is 15.6 Å². The van der Waals surface area contributed by atoms with E-state index in [2.05, 4.69) is 15.6 Å². The van der Waals surface area contributed by atoms with Crippen LogP contribution in [0.3, 0.4) is 0 Å². The number of nitrogens with one attached hydrogen (secondary N) is 3. The van der Waals surface area contributed by atoms with Gasteiger partial charge in [-0.25, -0.2) is 0 Å². The number of para-hydroxylation sites is 1. The number of aromatic nitrogens is 1. The van der Waals surface area contributed by atoms with E-state index in [0.29, 0.717) is 6.54 Å². The number of carbonyl (C=O) groups is 2. The minimum atomic E-state index is -0.582. The highest BCUT2D eigenvalue weighted by Gasteiger charge is 2.16. The molecule has 0 aliphatic rings. The van der Waals surface area contributed by atoms with E-state index in [4.69, 9.17) is 0 Å². The summed E-state index contributed by atoms with van der Waals surface area (Å²) in [7, 11) is 0. The molecule has 0 saturated heterocycles. The van der Waals surface area contributed by atoms with Crippen molar-refractivity contribution in [2.75, 3.05) is 0 Å². The third-order valence-corrected chi connectivity index (χ3v) is 4.11. The number of hydrogen-bond acceptors (Lipinski definition) is 2. The summed E-state index contributed by atoms with van der Waals surface area (Å²) < 4.78 is 0. The summed E-state index contributed by atoms with van der Waals surface area (Å²) in [6, 6.07) is 16.9. The standard InChI is InChI=1S/C20H21N3O2/c1-14(20(25)22-12-15-7-3-2-4-8-15)23-19(24)11-16-13-21-18-10-6-5-9-17(16)18/h2-10,13-14,21H,11-12H2,1H3,(H,22,25)(H,23,24)/t14-/m1/s1. The van der Waals surface area contributed by atoms with Crippen molar-refractivity contribution < 1.29 is 9.59 Å². The first-order chi connectivity index (χ1) is 12.1. The van der Waals surface area contributed by atoms with Gasteiger partial charge in [0.2, 0.25) is 11.8 Å². The Kier molecular flexibility index (Phi) is 5.14. The number of carbonyl (C=O) groups excluding carboxylic acids is 2. The first-order valence-electron chi connectivity index (χ1n) is 8.29. The lowest BCUT2D eigenvalue weighted by molar-refractivity contribution is -0.128. The summed E-state index contributed by atoms with van der Waals surface area (Å²) >= 11 is 0. The van der Waals surface area contributed by atoms with E-state index in [0.717, 1.165) is 22.0 Å². The van der Waals surface area contributed by atoms with E-state index in [-0.39, 0.29) is 18.2 Å². The molecule has 128 valence electrons. The average molecular weight is 335 g/mol. The maximum Gasteiger partial charge on any atom is 0.242 e. The number of amides is 2. The molecule has 0 spiro atoms.